The second-order valence-corrected chi connectivity index (χ2v) is 5.26. The van der Waals surface area contributed by atoms with E-state index in [2.05, 4.69) is 10.5 Å². The number of hydrogen-bond acceptors (Lipinski definition) is 3. The number of aryl methyl sites for hydroxylation is 3. The summed E-state index contributed by atoms with van der Waals surface area (Å²) in [7, 11) is 0. The van der Waals surface area contributed by atoms with Gasteiger partial charge in [-0.3, -0.25) is 4.79 Å². The molecule has 2 rings (SSSR count). The fourth-order valence-electron chi connectivity index (χ4n) is 1.97. The molecular weight excluding hydrogens is 276 g/mol. The number of nitrogens with zero attached hydrogens (tertiary/aromatic N) is 1. The van der Waals surface area contributed by atoms with Crippen molar-refractivity contribution in [3.63, 3.8) is 0 Å². The van der Waals surface area contributed by atoms with Crippen LogP contribution in [0.2, 0.25) is 0 Å². The lowest BCUT2D eigenvalue weighted by atomic mass is 10.1. The number of carbonyl (C=O) groups is 1. The number of nitrogens with one attached hydrogen (secondary N) is 1. The third kappa shape index (κ3) is 4.74. The van der Waals surface area contributed by atoms with Gasteiger partial charge in [-0.05, 0) is 38.0 Å². The lowest BCUT2D eigenvalue weighted by Gasteiger charge is -2.08. The molecule has 0 saturated heterocycles. The fourth-order valence-corrected chi connectivity index (χ4v) is 1.97. The van der Waals surface area contributed by atoms with Crippen LogP contribution < -0.4 is 10.2 Å². The van der Waals surface area contributed by atoms with E-state index in [0.717, 1.165) is 16.7 Å². The Hall–Kier alpha value is -2.62. The van der Waals surface area contributed by atoms with Crippen molar-refractivity contribution < 1.29 is 9.53 Å². The Labute approximate surface area is 130 Å². The van der Waals surface area contributed by atoms with E-state index in [4.69, 9.17) is 4.74 Å². The van der Waals surface area contributed by atoms with Crippen molar-refractivity contribution in [1.29, 1.82) is 0 Å². The highest BCUT2D eigenvalue weighted by atomic mass is 16.5. The Morgan fingerprint density at radius 1 is 1.09 bits per heavy atom. The molecule has 0 unspecified atom stereocenters. The predicted octanol–water partition coefficient (Wildman–Crippen LogP) is 3.14. The third-order valence-corrected chi connectivity index (χ3v) is 3.17. The standard InChI is InChI=1S/C18H20N2O2/c1-13-4-7-16(8-5-13)11-19-20-18(21)12-22-17-9-6-14(2)10-15(17)3/h4-11H,12H2,1-3H3,(H,20,21)/b19-11+. The minimum Gasteiger partial charge on any atom is -0.483 e. The van der Waals surface area contributed by atoms with Crippen LogP contribution in [0.1, 0.15) is 22.3 Å². The van der Waals surface area contributed by atoms with Gasteiger partial charge < -0.3 is 4.74 Å². The number of benzene rings is 2. The molecule has 0 fully saturated rings. The summed E-state index contributed by atoms with van der Waals surface area (Å²) in [5.74, 6) is 0.423. The molecule has 22 heavy (non-hydrogen) atoms. The molecular formula is C18H20N2O2. The maximum Gasteiger partial charge on any atom is 0.277 e. The van der Waals surface area contributed by atoms with E-state index in [1.807, 2.05) is 63.2 Å². The smallest absolute Gasteiger partial charge is 0.277 e. The summed E-state index contributed by atoms with van der Waals surface area (Å²) < 4.78 is 5.49. The summed E-state index contributed by atoms with van der Waals surface area (Å²) in [5, 5.41) is 3.92. The van der Waals surface area contributed by atoms with E-state index in [-0.39, 0.29) is 12.5 Å². The van der Waals surface area contributed by atoms with Gasteiger partial charge in [-0.25, -0.2) is 5.43 Å². The molecule has 0 atom stereocenters. The number of ether oxygens (including phenoxy) is 1. The van der Waals surface area contributed by atoms with Gasteiger partial charge in [0.25, 0.3) is 5.91 Å². The second kappa shape index (κ2) is 7.41. The van der Waals surface area contributed by atoms with Crippen molar-refractivity contribution in [3.8, 4) is 5.75 Å². The van der Waals surface area contributed by atoms with Gasteiger partial charge in [0, 0.05) is 0 Å². The van der Waals surface area contributed by atoms with E-state index in [0.29, 0.717) is 5.75 Å². The second-order valence-electron chi connectivity index (χ2n) is 5.26. The highest BCUT2D eigenvalue weighted by Crippen LogP contribution is 2.18. The lowest BCUT2D eigenvalue weighted by Crippen LogP contribution is -2.24. The van der Waals surface area contributed by atoms with E-state index >= 15 is 0 Å². The predicted molar refractivity (Wildman–Crippen MR) is 88.3 cm³/mol. The van der Waals surface area contributed by atoms with Crippen molar-refractivity contribution in [2.75, 3.05) is 6.61 Å². The summed E-state index contributed by atoms with van der Waals surface area (Å²) in [6.45, 7) is 5.93. The molecule has 0 radical (unpaired) electrons. The van der Waals surface area contributed by atoms with E-state index in [9.17, 15) is 4.79 Å². The van der Waals surface area contributed by atoms with Crippen LogP contribution >= 0.6 is 0 Å². The summed E-state index contributed by atoms with van der Waals surface area (Å²) in [6, 6.07) is 13.7. The van der Waals surface area contributed by atoms with Gasteiger partial charge in [0.15, 0.2) is 6.61 Å². The Kier molecular flexibility index (Phi) is 5.31. The number of hydrazone groups is 1. The number of amides is 1. The van der Waals surface area contributed by atoms with Crippen LogP contribution in [0.3, 0.4) is 0 Å². The molecule has 4 nitrogen and oxygen atoms in total. The third-order valence-electron chi connectivity index (χ3n) is 3.17. The van der Waals surface area contributed by atoms with Crippen molar-refractivity contribution >= 4 is 12.1 Å². The Morgan fingerprint density at radius 2 is 1.77 bits per heavy atom. The molecule has 0 aliphatic carbocycles. The molecule has 2 aromatic carbocycles. The molecule has 0 heterocycles. The average Bonchev–Trinajstić information content (AvgIpc) is 2.48. The first-order chi connectivity index (χ1) is 10.5. The van der Waals surface area contributed by atoms with Gasteiger partial charge >= 0.3 is 0 Å². The van der Waals surface area contributed by atoms with Crippen LogP contribution in [0.15, 0.2) is 47.6 Å². The molecule has 4 heteroatoms. The molecule has 0 aliphatic heterocycles. The van der Waals surface area contributed by atoms with Crippen molar-refractivity contribution in [3.05, 3.63) is 64.7 Å². The van der Waals surface area contributed by atoms with Crippen molar-refractivity contribution in [2.45, 2.75) is 20.8 Å². The molecule has 1 amide bonds. The fraction of sp³-hybridized carbons (Fsp3) is 0.222. The van der Waals surface area contributed by atoms with Crippen molar-refractivity contribution in [1.82, 2.24) is 5.43 Å². The minimum absolute atomic E-state index is 0.0604. The van der Waals surface area contributed by atoms with Gasteiger partial charge in [-0.15, -0.1) is 0 Å². The highest BCUT2D eigenvalue weighted by Gasteiger charge is 2.04. The number of carbonyl (C=O) groups excluding carboxylic acids is 1. The summed E-state index contributed by atoms with van der Waals surface area (Å²) in [5.41, 5.74) is 6.74. The van der Waals surface area contributed by atoms with Gasteiger partial charge in [0.2, 0.25) is 0 Å². The van der Waals surface area contributed by atoms with Gasteiger partial charge in [0.05, 0.1) is 6.21 Å². The highest BCUT2D eigenvalue weighted by molar-refractivity contribution is 5.82. The number of rotatable bonds is 5. The van der Waals surface area contributed by atoms with Gasteiger partial charge in [-0.1, -0.05) is 47.5 Å². The lowest BCUT2D eigenvalue weighted by molar-refractivity contribution is -0.123. The SMILES string of the molecule is Cc1ccc(/C=N/NC(=O)COc2ccc(C)cc2C)cc1. The molecule has 0 bridgehead atoms. The molecule has 2 aromatic rings. The Morgan fingerprint density at radius 3 is 2.45 bits per heavy atom. The van der Waals surface area contributed by atoms with Crippen LogP contribution in [0.5, 0.6) is 5.75 Å². The normalized spacial score (nSPS) is 10.7. The summed E-state index contributed by atoms with van der Waals surface area (Å²) in [6.07, 6.45) is 1.61. The maximum atomic E-state index is 11.7. The first-order valence-electron chi connectivity index (χ1n) is 7.13. The van der Waals surface area contributed by atoms with Gasteiger partial charge in [0.1, 0.15) is 5.75 Å². The summed E-state index contributed by atoms with van der Waals surface area (Å²) >= 11 is 0. The van der Waals surface area contributed by atoms with E-state index < -0.39 is 0 Å². The molecule has 114 valence electrons. The van der Waals surface area contributed by atoms with Crippen LogP contribution in [0, 0.1) is 20.8 Å². The Bertz CT molecular complexity index is 676. The zero-order chi connectivity index (χ0) is 15.9. The average molecular weight is 296 g/mol. The zero-order valence-electron chi connectivity index (χ0n) is 13.1. The molecule has 0 spiro atoms. The largest absolute Gasteiger partial charge is 0.483 e. The van der Waals surface area contributed by atoms with Gasteiger partial charge in [-0.2, -0.15) is 5.10 Å². The quantitative estimate of drug-likeness (QED) is 0.680. The van der Waals surface area contributed by atoms with Crippen LogP contribution in [-0.4, -0.2) is 18.7 Å². The first-order valence-corrected chi connectivity index (χ1v) is 7.13. The topological polar surface area (TPSA) is 50.7 Å². The van der Waals surface area contributed by atoms with E-state index in [1.165, 1.54) is 5.56 Å². The Balaban J connectivity index is 1.81. The monoisotopic (exact) mass is 296 g/mol. The molecule has 0 aromatic heterocycles. The minimum atomic E-state index is -0.289. The molecule has 0 saturated carbocycles. The first kappa shape index (κ1) is 15.8. The molecule has 0 aliphatic rings. The van der Waals surface area contributed by atoms with Crippen molar-refractivity contribution in [2.24, 2.45) is 5.10 Å². The van der Waals surface area contributed by atoms with E-state index in [1.54, 1.807) is 6.21 Å². The van der Waals surface area contributed by atoms with Crippen LogP contribution in [0.4, 0.5) is 0 Å². The summed E-state index contributed by atoms with van der Waals surface area (Å²) in [4.78, 5) is 11.7. The van der Waals surface area contributed by atoms with Crippen LogP contribution in [-0.2, 0) is 4.79 Å². The maximum absolute atomic E-state index is 11.7. The zero-order valence-corrected chi connectivity index (χ0v) is 13.1. The van der Waals surface area contributed by atoms with Crippen LogP contribution in [0.25, 0.3) is 0 Å². The number of hydrogen-bond donors (Lipinski definition) is 1. The molecule has 1 N–H and O–H groups in total.